The highest BCUT2D eigenvalue weighted by molar-refractivity contribution is 7.22. The molecule has 150 valence electrons. The van der Waals surface area contributed by atoms with Crippen LogP contribution in [-0.4, -0.2) is 24.2 Å². The Bertz CT molecular complexity index is 1230. The Morgan fingerprint density at radius 3 is 2.67 bits per heavy atom. The van der Waals surface area contributed by atoms with Gasteiger partial charge in [-0.05, 0) is 48.9 Å². The van der Waals surface area contributed by atoms with Crippen molar-refractivity contribution in [2.75, 3.05) is 12.1 Å². The number of aryl methyl sites for hydroxylation is 1. The largest absolute Gasteiger partial charge is 0.497 e. The summed E-state index contributed by atoms with van der Waals surface area (Å²) >= 11 is 1.31. The summed E-state index contributed by atoms with van der Waals surface area (Å²) in [4.78, 5) is 17.7. The van der Waals surface area contributed by atoms with E-state index in [1.165, 1.54) is 34.5 Å². The van der Waals surface area contributed by atoms with Crippen LogP contribution in [0.15, 0.2) is 71.8 Å². The number of hydrogen-bond donors (Lipinski definition) is 0. The van der Waals surface area contributed by atoms with E-state index in [9.17, 15) is 9.18 Å². The van der Waals surface area contributed by atoms with Crippen molar-refractivity contribution in [3.63, 3.8) is 0 Å². The first-order valence-electron chi connectivity index (χ1n) is 9.19. The number of anilines is 1. The number of benzene rings is 3. The zero-order valence-corrected chi connectivity index (χ0v) is 17.2. The Morgan fingerprint density at radius 2 is 1.93 bits per heavy atom. The topological polar surface area (TPSA) is 54.8 Å². The van der Waals surface area contributed by atoms with Crippen molar-refractivity contribution in [2.24, 2.45) is 5.10 Å². The zero-order valence-electron chi connectivity index (χ0n) is 16.4. The third-order valence-corrected chi connectivity index (χ3v) is 5.42. The van der Waals surface area contributed by atoms with Gasteiger partial charge in [-0.15, -0.1) is 0 Å². The van der Waals surface area contributed by atoms with Gasteiger partial charge in [-0.2, -0.15) is 10.1 Å². The fraction of sp³-hybridized carbons (Fsp3) is 0.0870. The molecule has 7 heteroatoms. The molecular formula is C23H18FN3O2S. The number of thiazole rings is 1. The molecule has 1 amide bonds. The lowest BCUT2D eigenvalue weighted by molar-refractivity contribution is 0.0987. The Kier molecular flexibility index (Phi) is 5.54. The Labute approximate surface area is 177 Å². The molecule has 0 radical (unpaired) electrons. The molecule has 5 nitrogen and oxygen atoms in total. The van der Waals surface area contributed by atoms with Gasteiger partial charge >= 0.3 is 0 Å². The van der Waals surface area contributed by atoms with E-state index in [1.54, 1.807) is 25.5 Å². The first kappa shape index (κ1) is 19.7. The minimum atomic E-state index is -0.489. The predicted molar refractivity (Wildman–Crippen MR) is 118 cm³/mol. The standard InChI is InChI=1S/C23H18FN3O2S/c1-15-6-8-16(9-7-15)14-25-27(22(28)17-4-3-5-18(24)12-17)23-26-20-11-10-19(29-2)13-21(20)30-23/h3-14H,1-2H3/b25-14+. The minimum absolute atomic E-state index is 0.188. The third-order valence-electron chi connectivity index (χ3n) is 4.43. The van der Waals surface area contributed by atoms with Gasteiger partial charge in [0.25, 0.3) is 5.91 Å². The highest BCUT2D eigenvalue weighted by Crippen LogP contribution is 2.32. The summed E-state index contributed by atoms with van der Waals surface area (Å²) in [6.07, 6.45) is 1.59. The van der Waals surface area contributed by atoms with Crippen molar-refractivity contribution in [2.45, 2.75) is 6.92 Å². The fourth-order valence-electron chi connectivity index (χ4n) is 2.82. The van der Waals surface area contributed by atoms with E-state index in [0.29, 0.717) is 10.9 Å². The number of aromatic nitrogens is 1. The van der Waals surface area contributed by atoms with Crippen LogP contribution in [0, 0.1) is 12.7 Å². The van der Waals surface area contributed by atoms with Crippen molar-refractivity contribution < 1.29 is 13.9 Å². The molecule has 0 aliphatic carbocycles. The van der Waals surface area contributed by atoms with Crippen LogP contribution < -0.4 is 9.75 Å². The van der Waals surface area contributed by atoms with Gasteiger partial charge in [-0.1, -0.05) is 47.2 Å². The Balaban J connectivity index is 1.76. The fourth-order valence-corrected chi connectivity index (χ4v) is 3.77. The van der Waals surface area contributed by atoms with Gasteiger partial charge in [0.2, 0.25) is 5.13 Å². The molecule has 4 aromatic rings. The smallest absolute Gasteiger partial charge is 0.280 e. The van der Waals surface area contributed by atoms with E-state index in [0.717, 1.165) is 21.3 Å². The molecule has 3 aromatic carbocycles. The average molecular weight is 419 g/mol. The maximum atomic E-state index is 13.7. The van der Waals surface area contributed by atoms with Crippen molar-refractivity contribution in [1.82, 2.24) is 4.98 Å². The molecule has 4 rings (SSSR count). The van der Waals surface area contributed by atoms with Crippen LogP contribution >= 0.6 is 11.3 Å². The van der Waals surface area contributed by atoms with Gasteiger partial charge in [-0.3, -0.25) is 4.79 Å². The van der Waals surface area contributed by atoms with Gasteiger partial charge in [0.05, 0.1) is 23.5 Å². The molecule has 30 heavy (non-hydrogen) atoms. The van der Waals surface area contributed by atoms with Crippen LogP contribution in [0.25, 0.3) is 10.2 Å². The number of nitrogens with zero attached hydrogens (tertiary/aromatic N) is 3. The maximum absolute atomic E-state index is 13.7. The van der Waals surface area contributed by atoms with E-state index in [2.05, 4.69) is 10.1 Å². The second-order valence-corrected chi connectivity index (χ2v) is 7.62. The number of hydrogen-bond acceptors (Lipinski definition) is 5. The van der Waals surface area contributed by atoms with Gasteiger partial charge in [-0.25, -0.2) is 9.37 Å². The van der Waals surface area contributed by atoms with E-state index < -0.39 is 11.7 Å². The lowest BCUT2D eigenvalue weighted by Crippen LogP contribution is -2.25. The first-order valence-corrected chi connectivity index (χ1v) is 10.0. The zero-order chi connectivity index (χ0) is 21.1. The van der Waals surface area contributed by atoms with Gasteiger partial charge in [0.1, 0.15) is 11.6 Å². The Morgan fingerprint density at radius 1 is 1.13 bits per heavy atom. The van der Waals surface area contributed by atoms with E-state index in [4.69, 9.17) is 4.74 Å². The number of amides is 1. The summed E-state index contributed by atoms with van der Waals surface area (Å²) in [6, 6.07) is 18.7. The van der Waals surface area contributed by atoms with Crippen molar-refractivity contribution in [1.29, 1.82) is 0 Å². The van der Waals surface area contributed by atoms with E-state index in [-0.39, 0.29) is 5.56 Å². The van der Waals surface area contributed by atoms with Crippen LogP contribution in [0.2, 0.25) is 0 Å². The summed E-state index contributed by atoms with van der Waals surface area (Å²) in [5.74, 6) is -0.259. The molecule has 0 fully saturated rings. The van der Waals surface area contributed by atoms with Crippen LogP contribution in [0.1, 0.15) is 21.5 Å². The molecule has 0 saturated heterocycles. The molecule has 1 heterocycles. The molecule has 0 saturated carbocycles. The summed E-state index contributed by atoms with van der Waals surface area (Å²) < 4.78 is 19.8. The van der Waals surface area contributed by atoms with Crippen molar-refractivity contribution in [3.05, 3.63) is 89.2 Å². The first-order chi connectivity index (χ1) is 14.5. The molecule has 0 aliphatic heterocycles. The highest BCUT2D eigenvalue weighted by atomic mass is 32.1. The summed E-state index contributed by atoms with van der Waals surface area (Å²) in [7, 11) is 1.59. The van der Waals surface area contributed by atoms with Crippen molar-refractivity contribution >= 4 is 38.8 Å². The molecule has 0 bridgehead atoms. The SMILES string of the molecule is COc1ccc2nc(N(/N=C/c3ccc(C)cc3)C(=O)c3cccc(F)c3)sc2c1. The normalized spacial score (nSPS) is 11.2. The molecule has 0 atom stereocenters. The number of rotatable bonds is 5. The predicted octanol–water partition coefficient (Wildman–Crippen LogP) is 5.43. The quantitative estimate of drug-likeness (QED) is 0.320. The van der Waals surface area contributed by atoms with E-state index in [1.807, 2.05) is 43.3 Å². The molecule has 0 spiro atoms. The molecule has 0 unspecified atom stereocenters. The van der Waals surface area contributed by atoms with Crippen LogP contribution in [0.4, 0.5) is 9.52 Å². The monoisotopic (exact) mass is 419 g/mol. The van der Waals surface area contributed by atoms with Crippen LogP contribution in [0.5, 0.6) is 5.75 Å². The molecular weight excluding hydrogens is 401 g/mol. The summed E-state index contributed by atoms with van der Waals surface area (Å²) in [5.41, 5.74) is 2.87. The maximum Gasteiger partial charge on any atom is 0.280 e. The second-order valence-electron chi connectivity index (χ2n) is 6.61. The lowest BCUT2D eigenvalue weighted by Gasteiger charge is -2.14. The number of carbonyl (C=O) groups excluding carboxylic acids is 1. The Hall–Kier alpha value is -3.58. The summed E-state index contributed by atoms with van der Waals surface area (Å²) in [6.45, 7) is 2.00. The average Bonchev–Trinajstić information content (AvgIpc) is 3.17. The molecule has 1 aromatic heterocycles. The second kappa shape index (κ2) is 8.42. The van der Waals surface area contributed by atoms with Gasteiger partial charge in [0, 0.05) is 5.56 Å². The minimum Gasteiger partial charge on any atom is -0.497 e. The van der Waals surface area contributed by atoms with Gasteiger partial charge < -0.3 is 4.74 Å². The van der Waals surface area contributed by atoms with Gasteiger partial charge in [0.15, 0.2) is 0 Å². The van der Waals surface area contributed by atoms with E-state index >= 15 is 0 Å². The lowest BCUT2D eigenvalue weighted by atomic mass is 10.2. The summed E-state index contributed by atoms with van der Waals surface area (Å²) in [5, 5.41) is 5.98. The number of halogens is 1. The number of hydrazone groups is 1. The number of fused-ring (bicyclic) bond motifs is 1. The molecule has 0 N–H and O–H groups in total. The highest BCUT2D eigenvalue weighted by Gasteiger charge is 2.21. The van der Waals surface area contributed by atoms with Crippen LogP contribution in [0.3, 0.4) is 0 Å². The number of carbonyl (C=O) groups is 1. The number of methoxy groups -OCH3 is 1. The third kappa shape index (κ3) is 4.21. The number of ether oxygens (including phenoxy) is 1. The van der Waals surface area contributed by atoms with Crippen molar-refractivity contribution in [3.8, 4) is 5.75 Å². The van der Waals surface area contributed by atoms with Crippen LogP contribution in [-0.2, 0) is 0 Å². The molecule has 0 aliphatic rings.